The molecular weight excluding hydrogens is 236 g/mol. The Morgan fingerprint density at radius 2 is 2.12 bits per heavy atom. The molecule has 16 heavy (non-hydrogen) atoms. The first-order chi connectivity index (χ1) is 7.74. The highest BCUT2D eigenvalue weighted by molar-refractivity contribution is 6.18. The number of aliphatic hydroxyl groups excluding tert-OH is 3. The Morgan fingerprint density at radius 1 is 1.50 bits per heavy atom. The van der Waals surface area contributed by atoms with Gasteiger partial charge in [0.2, 0.25) is 0 Å². The molecule has 1 atom stereocenters. The van der Waals surface area contributed by atoms with Crippen LogP contribution in [0.4, 0.5) is 0 Å². The number of aliphatic hydroxyl groups is 3. The SMILES string of the molecule is ClCC1CO1.OCC(O)CO.c1c[nH]cn1. The Morgan fingerprint density at radius 3 is 2.19 bits per heavy atom. The van der Waals surface area contributed by atoms with E-state index in [0.29, 0.717) is 12.0 Å². The van der Waals surface area contributed by atoms with Crippen molar-refractivity contribution in [3.63, 3.8) is 0 Å². The van der Waals surface area contributed by atoms with E-state index in [9.17, 15) is 0 Å². The number of imidazole rings is 1. The zero-order valence-corrected chi connectivity index (χ0v) is 9.55. The molecule has 1 saturated heterocycles. The van der Waals surface area contributed by atoms with E-state index >= 15 is 0 Å². The van der Waals surface area contributed by atoms with E-state index in [0.717, 1.165) is 6.61 Å². The summed E-state index contributed by atoms with van der Waals surface area (Å²) in [6.45, 7) is 0.149. The average Bonchev–Trinajstić information content (AvgIpc) is 2.99. The smallest absolute Gasteiger partial charge is 0.100 e. The minimum absolute atomic E-state index is 0.365. The Balaban J connectivity index is 0.000000211. The number of hydrogen-bond acceptors (Lipinski definition) is 5. The summed E-state index contributed by atoms with van der Waals surface area (Å²) in [5.74, 6) is 0.667. The Hall–Kier alpha value is -0.660. The molecule has 6 nitrogen and oxygen atoms in total. The monoisotopic (exact) mass is 252 g/mol. The number of epoxide rings is 1. The molecule has 1 unspecified atom stereocenters. The quantitative estimate of drug-likeness (QED) is 0.424. The summed E-state index contributed by atoms with van der Waals surface area (Å²) in [7, 11) is 0. The van der Waals surface area contributed by atoms with Gasteiger partial charge in [0, 0.05) is 12.4 Å². The maximum Gasteiger partial charge on any atom is 0.100 e. The van der Waals surface area contributed by atoms with Crippen molar-refractivity contribution in [1.82, 2.24) is 9.97 Å². The van der Waals surface area contributed by atoms with Crippen molar-refractivity contribution in [2.75, 3.05) is 25.7 Å². The van der Waals surface area contributed by atoms with Gasteiger partial charge in [-0.05, 0) is 0 Å². The second-order valence-corrected chi connectivity index (χ2v) is 3.20. The molecule has 1 aliphatic rings. The molecule has 0 amide bonds. The van der Waals surface area contributed by atoms with Crippen molar-refractivity contribution in [3.8, 4) is 0 Å². The van der Waals surface area contributed by atoms with Crippen molar-refractivity contribution in [3.05, 3.63) is 18.7 Å². The summed E-state index contributed by atoms with van der Waals surface area (Å²) in [5, 5.41) is 24.0. The van der Waals surface area contributed by atoms with Crippen LogP contribution in [0.5, 0.6) is 0 Å². The largest absolute Gasteiger partial charge is 0.394 e. The third kappa shape index (κ3) is 11.4. The van der Waals surface area contributed by atoms with Crippen LogP contribution >= 0.6 is 11.6 Å². The van der Waals surface area contributed by atoms with Gasteiger partial charge in [0.1, 0.15) is 6.10 Å². The standard InChI is InChI=1S/C3H5ClO.C3H4N2.C3H8O3/c4-1-3-2-5-3;1-2-5-3-4-1;4-1-3(6)2-5/h3H,1-2H2;1-3H,(H,4,5);3-6H,1-2H2. The third-order valence-corrected chi connectivity index (χ3v) is 1.75. The van der Waals surface area contributed by atoms with E-state index in [1.807, 2.05) is 0 Å². The van der Waals surface area contributed by atoms with Gasteiger partial charge in [-0.1, -0.05) is 0 Å². The van der Waals surface area contributed by atoms with Crippen LogP contribution in [0.2, 0.25) is 0 Å². The molecule has 1 aromatic rings. The van der Waals surface area contributed by atoms with Gasteiger partial charge in [0.05, 0.1) is 38.1 Å². The number of H-pyrrole nitrogens is 1. The highest BCUT2D eigenvalue weighted by Crippen LogP contribution is 2.08. The third-order valence-electron chi connectivity index (χ3n) is 1.40. The number of nitrogens with zero attached hydrogens (tertiary/aromatic N) is 1. The molecule has 4 N–H and O–H groups in total. The van der Waals surface area contributed by atoms with Crippen LogP contribution in [0.3, 0.4) is 0 Å². The Bertz CT molecular complexity index is 198. The Kier molecular flexibility index (Phi) is 10.4. The topological polar surface area (TPSA) is 102 Å². The van der Waals surface area contributed by atoms with Gasteiger partial charge in [0.15, 0.2) is 0 Å². The van der Waals surface area contributed by atoms with Crippen molar-refractivity contribution >= 4 is 11.6 Å². The summed E-state index contributed by atoms with van der Waals surface area (Å²) >= 11 is 5.27. The molecule has 0 aliphatic carbocycles. The lowest BCUT2D eigenvalue weighted by Gasteiger charge is -1.96. The molecule has 94 valence electrons. The summed E-state index contributed by atoms with van der Waals surface area (Å²) in [6, 6.07) is 0. The molecular formula is C9H17ClN2O4. The molecule has 0 aromatic carbocycles. The first kappa shape index (κ1) is 15.3. The first-order valence-electron chi connectivity index (χ1n) is 4.74. The van der Waals surface area contributed by atoms with Crippen molar-refractivity contribution in [2.24, 2.45) is 0 Å². The van der Waals surface area contributed by atoms with E-state index in [4.69, 9.17) is 31.7 Å². The normalized spacial score (nSPS) is 16.9. The van der Waals surface area contributed by atoms with Crippen molar-refractivity contribution in [2.45, 2.75) is 12.2 Å². The fourth-order valence-corrected chi connectivity index (χ4v) is 0.608. The van der Waals surface area contributed by atoms with Crippen LogP contribution < -0.4 is 0 Å². The van der Waals surface area contributed by atoms with Crippen LogP contribution in [0.25, 0.3) is 0 Å². The summed E-state index contributed by atoms with van der Waals surface area (Å²) in [6.07, 6.45) is 4.53. The summed E-state index contributed by atoms with van der Waals surface area (Å²) < 4.78 is 4.73. The lowest BCUT2D eigenvalue weighted by Crippen LogP contribution is -2.15. The molecule has 1 aliphatic heterocycles. The van der Waals surface area contributed by atoms with Gasteiger partial charge in [-0.25, -0.2) is 4.98 Å². The van der Waals surface area contributed by atoms with Crippen molar-refractivity contribution < 1.29 is 20.1 Å². The van der Waals surface area contributed by atoms with E-state index in [1.54, 1.807) is 18.7 Å². The molecule has 0 radical (unpaired) electrons. The second-order valence-electron chi connectivity index (χ2n) is 2.89. The van der Waals surface area contributed by atoms with E-state index in [-0.39, 0.29) is 13.2 Å². The lowest BCUT2D eigenvalue weighted by atomic mass is 10.4. The van der Waals surface area contributed by atoms with Gasteiger partial charge in [-0.15, -0.1) is 11.6 Å². The molecule has 1 aromatic heterocycles. The summed E-state index contributed by atoms with van der Waals surface area (Å²) in [4.78, 5) is 6.42. The minimum atomic E-state index is -0.954. The number of aromatic amines is 1. The number of aromatic nitrogens is 2. The molecule has 0 bridgehead atoms. The maximum absolute atomic E-state index is 8.17. The van der Waals surface area contributed by atoms with Crippen LogP contribution in [-0.2, 0) is 4.74 Å². The summed E-state index contributed by atoms with van der Waals surface area (Å²) in [5.41, 5.74) is 0. The molecule has 2 heterocycles. The number of halogens is 1. The number of alkyl halides is 1. The molecule has 7 heteroatoms. The fourth-order valence-electron chi connectivity index (χ4n) is 0.430. The zero-order chi connectivity index (χ0) is 12.2. The fraction of sp³-hybridized carbons (Fsp3) is 0.667. The minimum Gasteiger partial charge on any atom is -0.394 e. The predicted octanol–water partition coefficient (Wildman–Crippen LogP) is -0.634. The van der Waals surface area contributed by atoms with Gasteiger partial charge < -0.3 is 25.0 Å². The number of hydrogen-bond donors (Lipinski definition) is 4. The highest BCUT2D eigenvalue weighted by atomic mass is 35.5. The zero-order valence-electron chi connectivity index (χ0n) is 8.79. The molecule has 2 rings (SSSR count). The predicted molar refractivity (Wildman–Crippen MR) is 59.2 cm³/mol. The van der Waals surface area contributed by atoms with Gasteiger partial charge in [0.25, 0.3) is 0 Å². The number of nitrogens with one attached hydrogen (secondary N) is 1. The van der Waals surface area contributed by atoms with E-state index in [1.165, 1.54) is 0 Å². The van der Waals surface area contributed by atoms with E-state index in [2.05, 4.69) is 9.97 Å². The van der Waals surface area contributed by atoms with Gasteiger partial charge in [-0.3, -0.25) is 0 Å². The maximum atomic E-state index is 8.17. The molecule has 0 saturated carbocycles. The van der Waals surface area contributed by atoms with Crippen LogP contribution in [-0.4, -0.2) is 63.2 Å². The molecule has 0 spiro atoms. The average molecular weight is 253 g/mol. The van der Waals surface area contributed by atoms with Crippen LogP contribution in [0.15, 0.2) is 18.7 Å². The van der Waals surface area contributed by atoms with Gasteiger partial charge in [-0.2, -0.15) is 0 Å². The second kappa shape index (κ2) is 10.8. The lowest BCUT2D eigenvalue weighted by molar-refractivity contribution is 0.0450. The van der Waals surface area contributed by atoms with Crippen molar-refractivity contribution in [1.29, 1.82) is 0 Å². The number of ether oxygens (including phenoxy) is 1. The molecule has 1 fully saturated rings. The van der Waals surface area contributed by atoms with E-state index < -0.39 is 6.10 Å². The van der Waals surface area contributed by atoms with Gasteiger partial charge >= 0.3 is 0 Å². The number of rotatable bonds is 3. The van der Waals surface area contributed by atoms with Crippen LogP contribution in [0, 0.1) is 0 Å². The Labute approximate surface area is 98.9 Å². The van der Waals surface area contributed by atoms with Crippen LogP contribution in [0.1, 0.15) is 0 Å². The first-order valence-corrected chi connectivity index (χ1v) is 5.28. The highest BCUT2D eigenvalue weighted by Gasteiger charge is 2.19.